The molecule has 0 amide bonds. The molecule has 0 saturated heterocycles. The first-order valence-corrected chi connectivity index (χ1v) is 13.5. The third kappa shape index (κ3) is 5.16. The minimum Gasteiger partial charge on any atom is -0.367 e. The summed E-state index contributed by atoms with van der Waals surface area (Å²) < 4.78 is 64.7. The van der Waals surface area contributed by atoms with Crippen molar-refractivity contribution in [1.29, 1.82) is 0 Å². The van der Waals surface area contributed by atoms with Crippen molar-refractivity contribution in [3.05, 3.63) is 77.5 Å². The maximum Gasteiger partial charge on any atom is 0.417 e. The van der Waals surface area contributed by atoms with Crippen molar-refractivity contribution in [2.45, 2.75) is 54.5 Å². The molecule has 9 heteroatoms. The third-order valence-electron chi connectivity index (χ3n) is 6.96. The maximum absolute atomic E-state index is 13.3. The van der Waals surface area contributed by atoms with Crippen molar-refractivity contribution >= 4 is 21.9 Å². The van der Waals surface area contributed by atoms with E-state index < -0.39 is 26.8 Å². The van der Waals surface area contributed by atoms with Crippen LogP contribution in [0.5, 0.6) is 0 Å². The van der Waals surface area contributed by atoms with Crippen molar-refractivity contribution in [2.75, 3.05) is 11.9 Å². The largest absolute Gasteiger partial charge is 0.417 e. The number of alkyl halides is 3. The van der Waals surface area contributed by atoms with Crippen LogP contribution in [0, 0.1) is 0 Å². The number of nitrogens with one attached hydrogen (secondary N) is 1. The first-order chi connectivity index (χ1) is 17.2. The van der Waals surface area contributed by atoms with Crippen molar-refractivity contribution in [2.24, 2.45) is 4.99 Å². The Labute approximate surface area is 208 Å². The number of hydrogen-bond donors (Lipinski definition) is 1. The van der Waals surface area contributed by atoms with Gasteiger partial charge in [0.2, 0.25) is 0 Å². The van der Waals surface area contributed by atoms with Gasteiger partial charge in [-0.2, -0.15) is 13.2 Å². The lowest BCUT2D eigenvalue weighted by atomic mass is 9.95. The smallest absolute Gasteiger partial charge is 0.367 e. The molecule has 0 bridgehead atoms. The normalized spacial score (nSPS) is 20.1. The van der Waals surface area contributed by atoms with E-state index in [4.69, 9.17) is 0 Å². The molecule has 1 aliphatic carbocycles. The molecule has 2 aliphatic rings. The molecule has 5 nitrogen and oxygen atoms in total. The summed E-state index contributed by atoms with van der Waals surface area (Å²) in [6, 6.07) is 15.6. The number of hydrogen-bond acceptors (Lipinski definition) is 5. The van der Waals surface area contributed by atoms with Crippen molar-refractivity contribution in [3.8, 4) is 11.1 Å². The van der Waals surface area contributed by atoms with Gasteiger partial charge >= 0.3 is 6.18 Å². The monoisotopic (exact) mass is 513 g/mol. The second-order valence-electron chi connectivity index (χ2n) is 9.32. The molecular formula is C27H26F3N3O2S. The third-order valence-corrected chi connectivity index (χ3v) is 9.24. The minimum absolute atomic E-state index is 0.0318. The number of pyridine rings is 1. The highest BCUT2D eigenvalue weighted by atomic mass is 32.2. The molecule has 36 heavy (non-hydrogen) atoms. The quantitative estimate of drug-likeness (QED) is 0.458. The molecule has 1 aromatic heterocycles. The lowest BCUT2D eigenvalue weighted by molar-refractivity contribution is -0.137. The second kappa shape index (κ2) is 9.69. The van der Waals surface area contributed by atoms with E-state index in [1.54, 1.807) is 12.1 Å². The van der Waals surface area contributed by atoms with E-state index in [-0.39, 0.29) is 6.04 Å². The van der Waals surface area contributed by atoms with Crippen LogP contribution in [-0.2, 0) is 22.4 Å². The topological polar surface area (TPSA) is 71.4 Å². The fourth-order valence-electron chi connectivity index (χ4n) is 4.87. The van der Waals surface area contributed by atoms with Crippen LogP contribution >= 0.6 is 0 Å². The van der Waals surface area contributed by atoms with E-state index in [9.17, 15) is 21.6 Å². The summed E-state index contributed by atoms with van der Waals surface area (Å²) >= 11 is 0. The van der Waals surface area contributed by atoms with E-state index in [1.807, 2.05) is 18.3 Å². The van der Waals surface area contributed by atoms with Crippen molar-refractivity contribution in [1.82, 2.24) is 4.98 Å². The van der Waals surface area contributed by atoms with Crippen LogP contribution in [0.1, 0.15) is 42.4 Å². The summed E-state index contributed by atoms with van der Waals surface area (Å²) in [5.74, 6) is 0.360. The summed E-state index contributed by atoms with van der Waals surface area (Å²) in [4.78, 5) is 8.51. The lowest BCUT2D eigenvalue weighted by Crippen LogP contribution is -2.33. The number of anilines is 1. The van der Waals surface area contributed by atoms with Crippen LogP contribution < -0.4 is 5.32 Å². The predicted octanol–water partition coefficient (Wildman–Crippen LogP) is 5.94. The Morgan fingerprint density at radius 3 is 2.28 bits per heavy atom. The Balaban J connectivity index is 1.21. The Morgan fingerprint density at radius 1 is 0.889 bits per heavy atom. The standard InChI is InChI=1S/C27H26F3N3O2S/c28-27(29,30)22-5-12-26(32-17-22)33-23-6-10-25(11-7-23)36(34,35)24-8-3-18(4-9-24)20-2-1-19-13-14-31-16-21(19)15-20/h1-5,8-9,12,15-17,23,25H,6-7,10-11,13-14H2,(H,32,33)/t23-,25-. The highest BCUT2D eigenvalue weighted by Gasteiger charge is 2.33. The van der Waals surface area contributed by atoms with Gasteiger partial charge in [0.15, 0.2) is 9.84 Å². The molecule has 188 valence electrons. The van der Waals surface area contributed by atoms with Crippen LogP contribution in [-0.4, -0.2) is 37.5 Å². The molecule has 0 unspecified atom stereocenters. The Kier molecular flexibility index (Phi) is 6.59. The molecule has 1 fully saturated rings. The highest BCUT2D eigenvalue weighted by molar-refractivity contribution is 7.92. The van der Waals surface area contributed by atoms with Gasteiger partial charge in [-0.15, -0.1) is 0 Å². The first-order valence-electron chi connectivity index (χ1n) is 12.0. The molecule has 1 saturated carbocycles. The number of halogens is 3. The van der Waals surface area contributed by atoms with Gasteiger partial charge in [0.05, 0.1) is 15.7 Å². The van der Waals surface area contributed by atoms with Crippen molar-refractivity contribution < 1.29 is 21.6 Å². The van der Waals surface area contributed by atoms with Gasteiger partial charge in [-0.1, -0.05) is 24.3 Å². The van der Waals surface area contributed by atoms with Crippen LogP contribution in [0.25, 0.3) is 11.1 Å². The summed E-state index contributed by atoms with van der Waals surface area (Å²) in [5, 5.41) is 2.65. The molecule has 5 rings (SSSR count). The van der Waals surface area contributed by atoms with Crippen LogP contribution in [0.15, 0.2) is 70.7 Å². The SMILES string of the molecule is O=S(=O)(c1ccc(-c2ccc3c(c2)C=NCC3)cc1)[C@H]1CC[C@H](Nc2ccc(C(F)(F)F)cn2)CC1. The molecule has 0 atom stereocenters. The lowest BCUT2D eigenvalue weighted by Gasteiger charge is -2.29. The zero-order valence-electron chi connectivity index (χ0n) is 19.5. The van der Waals surface area contributed by atoms with Crippen LogP contribution in [0.4, 0.5) is 19.0 Å². The zero-order chi connectivity index (χ0) is 25.3. The summed E-state index contributed by atoms with van der Waals surface area (Å²) in [6.45, 7) is 0.808. The molecule has 2 heterocycles. The Hall–Kier alpha value is -3.20. The molecule has 0 spiro atoms. The van der Waals surface area contributed by atoms with E-state index >= 15 is 0 Å². The van der Waals surface area contributed by atoms with Gasteiger partial charge in [-0.25, -0.2) is 13.4 Å². The van der Waals surface area contributed by atoms with E-state index in [2.05, 4.69) is 33.5 Å². The number of benzene rings is 2. The van der Waals surface area contributed by atoms with Gasteiger partial charge in [0, 0.05) is 25.0 Å². The van der Waals surface area contributed by atoms with Gasteiger partial charge in [-0.05, 0) is 84.7 Å². The number of fused-ring (bicyclic) bond motifs is 1. The fraction of sp³-hybridized carbons (Fsp3) is 0.333. The van der Waals surface area contributed by atoms with Crippen LogP contribution in [0.3, 0.4) is 0 Å². The van der Waals surface area contributed by atoms with E-state index in [0.717, 1.165) is 41.9 Å². The number of aliphatic imine (C=N–C) groups is 1. The number of nitrogens with zero attached hydrogens (tertiary/aromatic N) is 2. The summed E-state index contributed by atoms with van der Waals surface area (Å²) in [6.07, 6.45) is 1.36. The maximum atomic E-state index is 13.3. The van der Waals surface area contributed by atoms with Gasteiger partial charge in [0.25, 0.3) is 0 Å². The van der Waals surface area contributed by atoms with Crippen molar-refractivity contribution in [3.63, 3.8) is 0 Å². The fourth-order valence-corrected chi connectivity index (χ4v) is 6.67. The Morgan fingerprint density at radius 2 is 1.61 bits per heavy atom. The number of aromatic nitrogens is 1. The zero-order valence-corrected chi connectivity index (χ0v) is 20.3. The Bertz CT molecular complexity index is 1360. The first kappa shape index (κ1) is 24.5. The summed E-state index contributed by atoms with van der Waals surface area (Å²) in [5.41, 5.74) is 3.55. The number of rotatable bonds is 5. The second-order valence-corrected chi connectivity index (χ2v) is 11.5. The molecule has 2 aromatic carbocycles. The average molecular weight is 514 g/mol. The van der Waals surface area contributed by atoms with Crippen LogP contribution in [0.2, 0.25) is 0 Å². The minimum atomic E-state index is -4.43. The highest BCUT2D eigenvalue weighted by Crippen LogP contribution is 2.33. The molecule has 3 aromatic rings. The molecular weight excluding hydrogens is 487 g/mol. The predicted molar refractivity (Wildman–Crippen MR) is 134 cm³/mol. The number of sulfone groups is 1. The van der Waals surface area contributed by atoms with Gasteiger partial charge < -0.3 is 5.32 Å². The average Bonchev–Trinajstić information content (AvgIpc) is 2.88. The summed E-state index contributed by atoms with van der Waals surface area (Å²) in [7, 11) is -3.48. The van der Waals surface area contributed by atoms with E-state index in [1.165, 1.54) is 11.6 Å². The van der Waals surface area contributed by atoms with Gasteiger partial charge in [-0.3, -0.25) is 4.99 Å². The molecule has 1 N–H and O–H groups in total. The van der Waals surface area contributed by atoms with Gasteiger partial charge in [0.1, 0.15) is 5.82 Å². The molecule has 1 aliphatic heterocycles. The molecule has 0 radical (unpaired) electrons. The van der Waals surface area contributed by atoms with E-state index in [0.29, 0.717) is 36.4 Å².